The number of nitrogens with zero attached hydrogens (tertiary/aromatic N) is 2. The number of anilines is 2. The normalized spacial score (nSPS) is 10.7. The van der Waals surface area contributed by atoms with Crippen molar-refractivity contribution in [2.45, 2.75) is 33.1 Å². The zero-order valence-corrected chi connectivity index (χ0v) is 15.5. The Kier molecular flexibility index (Phi) is 6.02. The van der Waals surface area contributed by atoms with Gasteiger partial charge in [0.05, 0.1) is 21.4 Å². The lowest BCUT2D eigenvalue weighted by molar-refractivity contribution is 0.103. The third-order valence-electron chi connectivity index (χ3n) is 3.48. The largest absolute Gasteiger partial charge is 0.376 e. The number of unbranched alkanes of at least 4 members (excludes halogenated alkanes) is 1. The first-order valence-electron chi connectivity index (χ1n) is 7.67. The molecule has 1 aromatic carbocycles. The maximum absolute atomic E-state index is 12.5. The van der Waals surface area contributed by atoms with Gasteiger partial charge >= 0.3 is 0 Å². The summed E-state index contributed by atoms with van der Waals surface area (Å²) >= 11 is 7.72. The Morgan fingerprint density at radius 1 is 1.39 bits per heavy atom. The number of carbonyl (C=O) groups is 1. The summed E-state index contributed by atoms with van der Waals surface area (Å²) in [5.41, 5.74) is 2.39. The molecule has 23 heavy (non-hydrogen) atoms. The van der Waals surface area contributed by atoms with E-state index in [1.165, 1.54) is 11.3 Å². The van der Waals surface area contributed by atoms with Gasteiger partial charge in [-0.2, -0.15) is 0 Å². The van der Waals surface area contributed by atoms with Crippen LogP contribution in [0.2, 0.25) is 5.02 Å². The fourth-order valence-electron chi connectivity index (χ4n) is 2.23. The van der Waals surface area contributed by atoms with Crippen molar-refractivity contribution in [1.82, 2.24) is 4.98 Å². The molecule has 2 aromatic rings. The molecule has 0 saturated heterocycles. The van der Waals surface area contributed by atoms with Crippen molar-refractivity contribution in [2.24, 2.45) is 0 Å². The zero-order valence-electron chi connectivity index (χ0n) is 13.9. The highest BCUT2D eigenvalue weighted by Crippen LogP contribution is 2.28. The van der Waals surface area contributed by atoms with E-state index < -0.39 is 0 Å². The lowest BCUT2D eigenvalue weighted by Crippen LogP contribution is -2.13. The van der Waals surface area contributed by atoms with E-state index in [2.05, 4.69) is 17.2 Å². The molecule has 4 nitrogen and oxygen atoms in total. The quantitative estimate of drug-likeness (QED) is 0.815. The average Bonchev–Trinajstić information content (AvgIpc) is 2.86. The maximum Gasteiger partial charge on any atom is 0.267 e. The highest BCUT2D eigenvalue weighted by atomic mass is 35.5. The van der Waals surface area contributed by atoms with Gasteiger partial charge in [0.2, 0.25) is 0 Å². The Labute approximate surface area is 146 Å². The Hall–Kier alpha value is -1.59. The summed E-state index contributed by atoms with van der Waals surface area (Å²) in [5.74, 6) is -0.128. The summed E-state index contributed by atoms with van der Waals surface area (Å²) < 4.78 is 0. The second kappa shape index (κ2) is 7.79. The summed E-state index contributed by atoms with van der Waals surface area (Å²) in [5, 5.41) is 4.54. The summed E-state index contributed by atoms with van der Waals surface area (Å²) in [7, 11) is 3.86. The molecule has 0 fully saturated rings. The number of rotatable bonds is 6. The van der Waals surface area contributed by atoms with Crippen LogP contribution in [0.15, 0.2) is 18.2 Å². The molecule has 1 N–H and O–H groups in total. The Balaban J connectivity index is 2.13. The lowest BCUT2D eigenvalue weighted by Gasteiger charge is -2.15. The minimum atomic E-state index is -0.128. The highest BCUT2D eigenvalue weighted by molar-refractivity contribution is 7.13. The van der Waals surface area contributed by atoms with Gasteiger partial charge < -0.3 is 10.2 Å². The standard InChI is InChI=1S/C17H22ClN3OS/c1-5-6-7-15-19-11(2)16(23-15)17(22)20-12-8-9-14(21(3)4)13(18)10-12/h8-10H,5-7H2,1-4H3,(H,20,22). The molecule has 1 aromatic heterocycles. The number of amides is 1. The van der Waals surface area contributed by atoms with E-state index in [1.807, 2.05) is 38.1 Å². The highest BCUT2D eigenvalue weighted by Gasteiger charge is 2.16. The predicted octanol–water partition coefficient (Wildman–Crippen LogP) is 4.77. The van der Waals surface area contributed by atoms with E-state index in [-0.39, 0.29) is 5.91 Å². The molecule has 0 radical (unpaired) electrons. The topological polar surface area (TPSA) is 45.2 Å². The van der Waals surface area contributed by atoms with Crippen molar-refractivity contribution in [1.29, 1.82) is 0 Å². The molecule has 1 amide bonds. The van der Waals surface area contributed by atoms with Gasteiger partial charge in [0.15, 0.2) is 0 Å². The second-order valence-corrected chi connectivity index (χ2v) is 7.13. The third-order valence-corrected chi connectivity index (χ3v) is 5.00. The minimum Gasteiger partial charge on any atom is -0.376 e. The Morgan fingerprint density at radius 2 is 2.13 bits per heavy atom. The van der Waals surface area contributed by atoms with Crippen molar-refractivity contribution >= 4 is 40.2 Å². The molecule has 124 valence electrons. The van der Waals surface area contributed by atoms with Gasteiger partial charge in [-0.3, -0.25) is 4.79 Å². The lowest BCUT2D eigenvalue weighted by atomic mass is 10.2. The number of aryl methyl sites for hydroxylation is 2. The number of hydrogen-bond donors (Lipinski definition) is 1. The fourth-order valence-corrected chi connectivity index (χ4v) is 3.58. The molecule has 1 heterocycles. The number of benzene rings is 1. The van der Waals surface area contributed by atoms with Crippen molar-refractivity contribution < 1.29 is 4.79 Å². The van der Waals surface area contributed by atoms with Crippen molar-refractivity contribution in [3.05, 3.63) is 38.8 Å². The van der Waals surface area contributed by atoms with Gasteiger partial charge in [0, 0.05) is 19.8 Å². The molecule has 0 spiro atoms. The summed E-state index contributed by atoms with van der Waals surface area (Å²) in [4.78, 5) is 19.6. The second-order valence-electron chi connectivity index (χ2n) is 5.64. The molecule has 6 heteroatoms. The number of aromatic nitrogens is 1. The number of carbonyl (C=O) groups excluding carboxylic acids is 1. The number of thiazole rings is 1. The van der Waals surface area contributed by atoms with Gasteiger partial charge in [-0.15, -0.1) is 11.3 Å². The van der Waals surface area contributed by atoms with Gasteiger partial charge in [0.1, 0.15) is 4.88 Å². The predicted molar refractivity (Wildman–Crippen MR) is 99.2 cm³/mol. The first-order valence-corrected chi connectivity index (χ1v) is 8.86. The molecule has 2 rings (SSSR count). The van der Waals surface area contributed by atoms with Crippen LogP contribution in [-0.2, 0) is 6.42 Å². The molecule has 0 unspecified atom stereocenters. The van der Waals surface area contributed by atoms with Gasteiger partial charge in [-0.25, -0.2) is 4.98 Å². The summed E-state index contributed by atoms with van der Waals surface area (Å²) in [6.45, 7) is 4.03. The first kappa shape index (κ1) is 17.8. The van der Waals surface area contributed by atoms with E-state index in [9.17, 15) is 4.79 Å². The van der Waals surface area contributed by atoms with Gasteiger partial charge in [0.25, 0.3) is 5.91 Å². The molecule has 0 bridgehead atoms. The van der Waals surface area contributed by atoms with Gasteiger partial charge in [-0.05, 0) is 38.0 Å². The van der Waals surface area contributed by atoms with Crippen LogP contribution in [0.4, 0.5) is 11.4 Å². The van der Waals surface area contributed by atoms with Crippen LogP contribution in [0.5, 0.6) is 0 Å². The maximum atomic E-state index is 12.5. The Bertz CT molecular complexity index is 697. The molecular formula is C17H22ClN3OS. The SMILES string of the molecule is CCCCc1nc(C)c(C(=O)Nc2ccc(N(C)C)c(Cl)c2)s1. The fraction of sp³-hybridized carbons (Fsp3) is 0.412. The number of nitrogens with one attached hydrogen (secondary N) is 1. The number of halogens is 1. The van der Waals surface area contributed by atoms with Gasteiger partial charge in [-0.1, -0.05) is 24.9 Å². The van der Waals surface area contributed by atoms with E-state index in [0.717, 1.165) is 35.7 Å². The minimum absolute atomic E-state index is 0.128. The average molecular weight is 352 g/mol. The van der Waals surface area contributed by atoms with Crippen LogP contribution in [0.3, 0.4) is 0 Å². The van der Waals surface area contributed by atoms with Crippen LogP contribution in [0, 0.1) is 6.92 Å². The van der Waals surface area contributed by atoms with Crippen molar-refractivity contribution in [3.63, 3.8) is 0 Å². The van der Waals surface area contributed by atoms with E-state index in [1.54, 1.807) is 6.07 Å². The van der Waals surface area contributed by atoms with E-state index in [0.29, 0.717) is 15.6 Å². The first-order chi connectivity index (χ1) is 10.9. The van der Waals surface area contributed by atoms with Crippen LogP contribution in [0.1, 0.15) is 40.1 Å². The smallest absolute Gasteiger partial charge is 0.267 e. The van der Waals surface area contributed by atoms with Crippen molar-refractivity contribution in [2.75, 3.05) is 24.3 Å². The third kappa shape index (κ3) is 4.45. The van der Waals surface area contributed by atoms with Crippen LogP contribution >= 0.6 is 22.9 Å². The monoisotopic (exact) mass is 351 g/mol. The van der Waals surface area contributed by atoms with E-state index in [4.69, 9.17) is 11.6 Å². The zero-order chi connectivity index (χ0) is 17.0. The van der Waals surface area contributed by atoms with Crippen LogP contribution in [-0.4, -0.2) is 25.0 Å². The van der Waals surface area contributed by atoms with Crippen LogP contribution in [0.25, 0.3) is 0 Å². The van der Waals surface area contributed by atoms with E-state index >= 15 is 0 Å². The summed E-state index contributed by atoms with van der Waals surface area (Å²) in [6, 6.07) is 5.51. The molecule has 0 aliphatic heterocycles. The number of hydrogen-bond acceptors (Lipinski definition) is 4. The molecule has 0 saturated carbocycles. The van der Waals surface area contributed by atoms with Crippen molar-refractivity contribution in [3.8, 4) is 0 Å². The Morgan fingerprint density at radius 3 is 2.74 bits per heavy atom. The molecule has 0 aliphatic carbocycles. The molecule has 0 atom stereocenters. The van der Waals surface area contributed by atoms with Crippen LogP contribution < -0.4 is 10.2 Å². The molecular weight excluding hydrogens is 330 g/mol. The summed E-state index contributed by atoms with van der Waals surface area (Å²) in [6.07, 6.45) is 3.14. The molecule has 0 aliphatic rings.